The molecule has 1 saturated heterocycles. The van der Waals surface area contributed by atoms with Crippen LogP contribution in [0.25, 0.3) is 10.9 Å². The number of aryl methyl sites for hydroxylation is 1. The van der Waals surface area contributed by atoms with Gasteiger partial charge >= 0.3 is 0 Å². The molecule has 33 heavy (non-hydrogen) atoms. The van der Waals surface area contributed by atoms with Crippen molar-refractivity contribution in [2.24, 2.45) is 0 Å². The second-order valence-electron chi connectivity index (χ2n) is 8.74. The summed E-state index contributed by atoms with van der Waals surface area (Å²) in [6.45, 7) is 4.48. The maximum Gasteiger partial charge on any atom is 0.248 e. The molecule has 2 aromatic carbocycles. The first-order valence-electron chi connectivity index (χ1n) is 12.0. The molecule has 174 valence electrons. The average molecular weight is 448 g/mol. The zero-order valence-electron chi connectivity index (χ0n) is 19.1. The van der Waals surface area contributed by atoms with Crippen molar-refractivity contribution in [1.29, 1.82) is 0 Å². The Hall–Kier alpha value is -3.12. The number of likely N-dealkylation sites (tertiary alicyclic amines) is 1. The number of fused-ring (bicyclic) bond motifs is 1. The minimum absolute atomic E-state index is 0.0112. The normalized spacial score (nSPS) is 14.3. The molecule has 6 heteroatoms. The SMILES string of the molecule is O=C(CCc1cc(=O)[nH]c2ccccc12)NCCCOc1cccc(CN2CCCCC2)c1. The van der Waals surface area contributed by atoms with Gasteiger partial charge in [0.25, 0.3) is 0 Å². The van der Waals surface area contributed by atoms with Crippen LogP contribution in [0.5, 0.6) is 5.75 Å². The fraction of sp³-hybridized carbons (Fsp3) is 0.407. The lowest BCUT2D eigenvalue weighted by Gasteiger charge is -2.26. The number of rotatable bonds is 10. The highest BCUT2D eigenvalue weighted by Gasteiger charge is 2.11. The molecule has 0 atom stereocenters. The maximum atomic E-state index is 12.3. The number of carbonyl (C=O) groups is 1. The fourth-order valence-electron chi connectivity index (χ4n) is 4.42. The van der Waals surface area contributed by atoms with E-state index in [9.17, 15) is 9.59 Å². The predicted octanol–water partition coefficient (Wildman–Crippen LogP) is 4.03. The number of ether oxygens (including phenoxy) is 1. The van der Waals surface area contributed by atoms with Crippen molar-refractivity contribution >= 4 is 16.8 Å². The first-order chi connectivity index (χ1) is 16.2. The maximum absolute atomic E-state index is 12.3. The number of carbonyl (C=O) groups excluding carboxylic acids is 1. The molecule has 1 aliphatic rings. The number of amides is 1. The van der Waals surface area contributed by atoms with Crippen molar-refractivity contribution < 1.29 is 9.53 Å². The van der Waals surface area contributed by atoms with E-state index in [1.165, 1.54) is 37.9 Å². The smallest absolute Gasteiger partial charge is 0.248 e. The lowest BCUT2D eigenvalue weighted by atomic mass is 10.0. The van der Waals surface area contributed by atoms with Crippen LogP contribution in [0.3, 0.4) is 0 Å². The quantitative estimate of drug-likeness (QED) is 0.460. The number of hydrogen-bond acceptors (Lipinski definition) is 4. The molecule has 0 unspecified atom stereocenters. The number of H-pyrrole nitrogens is 1. The average Bonchev–Trinajstić information content (AvgIpc) is 2.83. The molecule has 3 aromatic rings. The number of hydrogen-bond donors (Lipinski definition) is 2. The van der Waals surface area contributed by atoms with Gasteiger partial charge in [0.05, 0.1) is 6.61 Å². The van der Waals surface area contributed by atoms with E-state index >= 15 is 0 Å². The molecule has 1 fully saturated rings. The fourth-order valence-corrected chi connectivity index (χ4v) is 4.42. The lowest BCUT2D eigenvalue weighted by Crippen LogP contribution is -2.29. The van der Waals surface area contributed by atoms with Crippen LogP contribution < -0.4 is 15.6 Å². The molecule has 1 aliphatic heterocycles. The molecule has 2 heterocycles. The summed E-state index contributed by atoms with van der Waals surface area (Å²) in [7, 11) is 0. The molecule has 1 aromatic heterocycles. The van der Waals surface area contributed by atoms with Gasteiger partial charge < -0.3 is 15.0 Å². The van der Waals surface area contributed by atoms with Gasteiger partial charge in [-0.1, -0.05) is 36.8 Å². The summed E-state index contributed by atoms with van der Waals surface area (Å²) in [5, 5.41) is 3.94. The zero-order chi connectivity index (χ0) is 22.9. The van der Waals surface area contributed by atoms with Crippen LogP contribution >= 0.6 is 0 Å². The predicted molar refractivity (Wildman–Crippen MR) is 132 cm³/mol. The number of piperidine rings is 1. The van der Waals surface area contributed by atoms with Crippen molar-refractivity contribution in [3.8, 4) is 5.75 Å². The summed E-state index contributed by atoms with van der Waals surface area (Å²) < 4.78 is 5.90. The highest BCUT2D eigenvalue weighted by atomic mass is 16.5. The third-order valence-corrected chi connectivity index (χ3v) is 6.12. The van der Waals surface area contributed by atoms with Crippen molar-refractivity contribution in [2.45, 2.75) is 45.1 Å². The molecule has 4 rings (SSSR count). The minimum Gasteiger partial charge on any atom is -0.494 e. The van der Waals surface area contributed by atoms with Crippen LogP contribution in [0.4, 0.5) is 0 Å². The van der Waals surface area contributed by atoms with E-state index in [0.717, 1.165) is 35.2 Å². The molecule has 1 amide bonds. The second-order valence-corrected chi connectivity index (χ2v) is 8.74. The number of nitrogens with zero attached hydrogens (tertiary/aromatic N) is 1. The molecule has 0 saturated carbocycles. The molecule has 0 radical (unpaired) electrons. The molecule has 6 nitrogen and oxygen atoms in total. The van der Waals surface area contributed by atoms with E-state index < -0.39 is 0 Å². The van der Waals surface area contributed by atoms with E-state index in [4.69, 9.17) is 4.74 Å². The molecule has 0 bridgehead atoms. The van der Waals surface area contributed by atoms with Crippen molar-refractivity contribution in [3.05, 3.63) is 76.1 Å². The lowest BCUT2D eigenvalue weighted by molar-refractivity contribution is -0.121. The Morgan fingerprint density at radius 1 is 1.03 bits per heavy atom. The van der Waals surface area contributed by atoms with Crippen LogP contribution in [0.2, 0.25) is 0 Å². The highest BCUT2D eigenvalue weighted by Crippen LogP contribution is 2.18. The van der Waals surface area contributed by atoms with E-state index in [1.807, 2.05) is 30.3 Å². The number of aromatic amines is 1. The first-order valence-corrected chi connectivity index (χ1v) is 12.0. The first kappa shape index (κ1) is 23.1. The monoisotopic (exact) mass is 447 g/mol. The highest BCUT2D eigenvalue weighted by molar-refractivity contribution is 5.83. The van der Waals surface area contributed by atoms with Gasteiger partial charge in [0, 0.05) is 36.5 Å². The van der Waals surface area contributed by atoms with Crippen molar-refractivity contribution in [2.75, 3.05) is 26.2 Å². The number of aromatic nitrogens is 1. The van der Waals surface area contributed by atoms with Gasteiger partial charge in [0.2, 0.25) is 11.5 Å². The van der Waals surface area contributed by atoms with Crippen LogP contribution in [0, 0.1) is 0 Å². The van der Waals surface area contributed by atoms with Gasteiger partial charge in [-0.25, -0.2) is 0 Å². The largest absolute Gasteiger partial charge is 0.494 e. The topological polar surface area (TPSA) is 74.4 Å². The van der Waals surface area contributed by atoms with Gasteiger partial charge in [0.1, 0.15) is 5.75 Å². The summed E-state index contributed by atoms with van der Waals surface area (Å²) in [4.78, 5) is 29.5. The second kappa shape index (κ2) is 11.7. The molecule has 0 spiro atoms. The minimum atomic E-state index is -0.138. The van der Waals surface area contributed by atoms with Crippen LogP contribution in [0.15, 0.2) is 59.4 Å². The standard InChI is InChI=1S/C27H33N3O3/c31-26(13-12-22-19-27(32)29-25-11-3-2-10-24(22)25)28-14-7-17-33-23-9-6-8-21(18-23)20-30-15-4-1-5-16-30/h2-3,6,8-11,18-19H,1,4-5,7,12-17,20H2,(H,28,31)(H,29,32). The van der Waals surface area contributed by atoms with Gasteiger partial charge in [-0.2, -0.15) is 0 Å². The van der Waals surface area contributed by atoms with Gasteiger partial charge in [-0.15, -0.1) is 0 Å². The summed E-state index contributed by atoms with van der Waals surface area (Å²) >= 11 is 0. The van der Waals surface area contributed by atoms with Gasteiger partial charge in [-0.05, 0) is 68.1 Å². The van der Waals surface area contributed by atoms with Crippen LogP contribution in [-0.4, -0.2) is 42.0 Å². The number of benzene rings is 2. The van der Waals surface area contributed by atoms with Crippen molar-refractivity contribution in [3.63, 3.8) is 0 Å². The Bertz CT molecular complexity index is 1120. The van der Waals surface area contributed by atoms with E-state index in [1.54, 1.807) is 6.07 Å². The Labute approximate surface area is 195 Å². The third kappa shape index (κ3) is 6.93. The van der Waals surface area contributed by atoms with E-state index in [2.05, 4.69) is 33.4 Å². The van der Waals surface area contributed by atoms with Crippen LogP contribution in [0.1, 0.15) is 43.2 Å². The third-order valence-electron chi connectivity index (χ3n) is 6.12. The Kier molecular flexibility index (Phi) is 8.14. The summed E-state index contributed by atoms with van der Waals surface area (Å²) in [5.74, 6) is 0.875. The summed E-state index contributed by atoms with van der Waals surface area (Å²) in [6.07, 6.45) is 5.57. The Balaban J connectivity index is 1.16. The van der Waals surface area contributed by atoms with E-state index in [0.29, 0.717) is 26.0 Å². The molecule has 2 N–H and O–H groups in total. The summed E-state index contributed by atoms with van der Waals surface area (Å²) in [5.41, 5.74) is 2.85. The summed E-state index contributed by atoms with van der Waals surface area (Å²) in [6, 6.07) is 17.6. The van der Waals surface area contributed by atoms with Crippen LogP contribution in [-0.2, 0) is 17.8 Å². The molecular weight excluding hydrogens is 414 g/mol. The Morgan fingerprint density at radius 2 is 1.88 bits per heavy atom. The Morgan fingerprint density at radius 3 is 2.76 bits per heavy atom. The van der Waals surface area contributed by atoms with Gasteiger partial charge in [0.15, 0.2) is 0 Å². The number of pyridine rings is 1. The van der Waals surface area contributed by atoms with Crippen molar-refractivity contribution in [1.82, 2.24) is 15.2 Å². The van der Waals surface area contributed by atoms with E-state index in [-0.39, 0.29) is 11.5 Å². The zero-order valence-corrected chi connectivity index (χ0v) is 19.1. The number of nitrogens with one attached hydrogen (secondary N) is 2. The molecular formula is C27H33N3O3. The molecule has 0 aliphatic carbocycles. The number of para-hydroxylation sites is 1. The van der Waals surface area contributed by atoms with Gasteiger partial charge in [-0.3, -0.25) is 14.5 Å².